The van der Waals surface area contributed by atoms with E-state index in [0.29, 0.717) is 5.69 Å². The van der Waals surface area contributed by atoms with E-state index in [4.69, 9.17) is 5.73 Å². The van der Waals surface area contributed by atoms with Crippen LogP contribution in [0.3, 0.4) is 0 Å². The molecule has 90 valence electrons. The lowest BCUT2D eigenvalue weighted by Gasteiger charge is -2.07. The van der Waals surface area contributed by atoms with Crippen LogP contribution in [0.2, 0.25) is 0 Å². The maximum absolute atomic E-state index is 12.0. The van der Waals surface area contributed by atoms with Crippen LogP contribution in [0, 0.1) is 0 Å². The number of nitrogens with two attached hydrogens (primary N) is 1. The summed E-state index contributed by atoms with van der Waals surface area (Å²) in [7, 11) is 0. The SMILES string of the molecule is NC(=O)c1ccccc1C(=O)Nc1ccccc1. The smallest absolute Gasteiger partial charge is 0.256 e. The van der Waals surface area contributed by atoms with Gasteiger partial charge >= 0.3 is 0 Å². The third kappa shape index (κ3) is 2.55. The van der Waals surface area contributed by atoms with Gasteiger partial charge < -0.3 is 11.1 Å². The van der Waals surface area contributed by atoms with E-state index in [9.17, 15) is 9.59 Å². The number of carbonyl (C=O) groups excluding carboxylic acids is 2. The first-order valence-electron chi connectivity index (χ1n) is 5.43. The van der Waals surface area contributed by atoms with Crippen LogP contribution in [0.4, 0.5) is 5.69 Å². The Bertz CT molecular complexity index is 579. The molecule has 4 nitrogen and oxygen atoms in total. The molecule has 2 amide bonds. The van der Waals surface area contributed by atoms with Crippen LogP contribution in [0.15, 0.2) is 54.6 Å². The number of carbonyl (C=O) groups is 2. The van der Waals surface area contributed by atoms with Crippen molar-refractivity contribution < 1.29 is 9.59 Å². The van der Waals surface area contributed by atoms with Gasteiger partial charge in [-0.05, 0) is 24.3 Å². The zero-order chi connectivity index (χ0) is 13.0. The zero-order valence-corrected chi connectivity index (χ0v) is 9.59. The number of nitrogens with one attached hydrogen (secondary N) is 1. The summed E-state index contributed by atoms with van der Waals surface area (Å²) in [4.78, 5) is 23.2. The number of benzene rings is 2. The van der Waals surface area contributed by atoms with Crippen LogP contribution in [-0.2, 0) is 0 Å². The van der Waals surface area contributed by atoms with Crippen LogP contribution in [0.5, 0.6) is 0 Å². The highest BCUT2D eigenvalue weighted by Gasteiger charge is 2.14. The van der Waals surface area contributed by atoms with E-state index < -0.39 is 5.91 Å². The first kappa shape index (κ1) is 11.9. The van der Waals surface area contributed by atoms with E-state index in [0.717, 1.165) is 0 Å². The quantitative estimate of drug-likeness (QED) is 0.861. The predicted molar refractivity (Wildman–Crippen MR) is 69.4 cm³/mol. The molecule has 4 heteroatoms. The minimum atomic E-state index is -0.617. The summed E-state index contributed by atoms with van der Waals surface area (Å²) in [6.45, 7) is 0. The topological polar surface area (TPSA) is 72.2 Å². The molecule has 3 N–H and O–H groups in total. The zero-order valence-electron chi connectivity index (χ0n) is 9.59. The number of hydrogen-bond acceptors (Lipinski definition) is 2. The molecule has 0 saturated heterocycles. The van der Waals surface area contributed by atoms with Gasteiger partial charge in [-0.2, -0.15) is 0 Å². The molecule has 0 aliphatic rings. The molecule has 2 aromatic carbocycles. The third-order valence-electron chi connectivity index (χ3n) is 2.47. The Morgan fingerprint density at radius 1 is 0.833 bits per heavy atom. The molecule has 0 fully saturated rings. The van der Waals surface area contributed by atoms with Gasteiger partial charge in [0.2, 0.25) is 5.91 Å². The number of hydrogen-bond donors (Lipinski definition) is 2. The number of primary amides is 1. The molecule has 2 rings (SSSR count). The highest BCUT2D eigenvalue weighted by molar-refractivity contribution is 6.11. The number of rotatable bonds is 3. The van der Waals surface area contributed by atoms with E-state index in [2.05, 4.69) is 5.32 Å². The molecule has 0 bridgehead atoms. The fourth-order valence-electron chi connectivity index (χ4n) is 1.62. The molecule has 0 saturated carbocycles. The number of amides is 2. The Labute approximate surface area is 104 Å². The van der Waals surface area contributed by atoms with Crippen molar-refractivity contribution in [2.75, 3.05) is 5.32 Å². The van der Waals surface area contributed by atoms with Gasteiger partial charge in [-0.1, -0.05) is 30.3 Å². The van der Waals surface area contributed by atoms with Crippen molar-refractivity contribution in [1.82, 2.24) is 0 Å². The Morgan fingerprint density at radius 2 is 1.39 bits per heavy atom. The lowest BCUT2D eigenvalue weighted by atomic mass is 10.1. The third-order valence-corrected chi connectivity index (χ3v) is 2.47. The second kappa shape index (κ2) is 5.14. The van der Waals surface area contributed by atoms with Crippen LogP contribution >= 0.6 is 0 Å². The lowest BCUT2D eigenvalue weighted by Crippen LogP contribution is -2.20. The molecule has 0 atom stereocenters. The highest BCUT2D eigenvalue weighted by atomic mass is 16.2. The highest BCUT2D eigenvalue weighted by Crippen LogP contribution is 2.12. The van der Waals surface area contributed by atoms with Crippen molar-refractivity contribution in [3.63, 3.8) is 0 Å². The minimum Gasteiger partial charge on any atom is -0.366 e. The van der Waals surface area contributed by atoms with Crippen molar-refractivity contribution >= 4 is 17.5 Å². The first-order valence-corrected chi connectivity index (χ1v) is 5.43. The van der Waals surface area contributed by atoms with Gasteiger partial charge in [-0.3, -0.25) is 9.59 Å². The van der Waals surface area contributed by atoms with E-state index >= 15 is 0 Å². The molecule has 0 spiro atoms. The number of anilines is 1. The molecule has 2 aromatic rings. The van der Waals surface area contributed by atoms with E-state index in [1.807, 2.05) is 18.2 Å². The molecule has 0 unspecified atom stereocenters. The van der Waals surface area contributed by atoms with Crippen molar-refractivity contribution in [2.45, 2.75) is 0 Å². The van der Waals surface area contributed by atoms with Crippen LogP contribution in [-0.4, -0.2) is 11.8 Å². The summed E-state index contributed by atoms with van der Waals surface area (Å²) in [5.74, 6) is -0.968. The van der Waals surface area contributed by atoms with Gasteiger partial charge in [-0.25, -0.2) is 0 Å². The second-order valence-corrected chi connectivity index (χ2v) is 3.73. The van der Waals surface area contributed by atoms with Crippen LogP contribution in [0.1, 0.15) is 20.7 Å². The Balaban J connectivity index is 2.27. The van der Waals surface area contributed by atoms with Crippen molar-refractivity contribution in [3.05, 3.63) is 65.7 Å². The number of para-hydroxylation sites is 1. The summed E-state index contributed by atoms with van der Waals surface area (Å²) in [6, 6.07) is 15.5. The maximum atomic E-state index is 12.0. The molecule has 0 aliphatic heterocycles. The summed E-state index contributed by atoms with van der Waals surface area (Å²) in [5, 5.41) is 2.71. The summed E-state index contributed by atoms with van der Waals surface area (Å²) < 4.78 is 0. The molecular weight excluding hydrogens is 228 g/mol. The van der Waals surface area contributed by atoms with Crippen molar-refractivity contribution in [3.8, 4) is 0 Å². The maximum Gasteiger partial charge on any atom is 0.256 e. The van der Waals surface area contributed by atoms with Gasteiger partial charge in [0.15, 0.2) is 0 Å². The van der Waals surface area contributed by atoms with Crippen molar-refractivity contribution in [2.24, 2.45) is 5.73 Å². The van der Waals surface area contributed by atoms with Crippen molar-refractivity contribution in [1.29, 1.82) is 0 Å². The summed E-state index contributed by atoms with van der Waals surface area (Å²) in [6.07, 6.45) is 0. The molecule has 0 heterocycles. The minimum absolute atomic E-state index is 0.214. The van der Waals surface area contributed by atoms with E-state index in [-0.39, 0.29) is 17.0 Å². The fraction of sp³-hybridized carbons (Fsp3) is 0. The molecular formula is C14H12N2O2. The van der Waals surface area contributed by atoms with E-state index in [1.165, 1.54) is 6.07 Å². The van der Waals surface area contributed by atoms with Crippen LogP contribution < -0.4 is 11.1 Å². The van der Waals surface area contributed by atoms with Gasteiger partial charge in [-0.15, -0.1) is 0 Å². The molecule has 0 aliphatic carbocycles. The molecule has 18 heavy (non-hydrogen) atoms. The second-order valence-electron chi connectivity index (χ2n) is 3.73. The van der Waals surface area contributed by atoms with Gasteiger partial charge in [0, 0.05) is 5.69 Å². The molecule has 0 aromatic heterocycles. The fourth-order valence-corrected chi connectivity index (χ4v) is 1.62. The van der Waals surface area contributed by atoms with Crippen LogP contribution in [0.25, 0.3) is 0 Å². The standard InChI is InChI=1S/C14H12N2O2/c15-13(17)11-8-4-5-9-12(11)14(18)16-10-6-2-1-3-7-10/h1-9H,(H2,15,17)(H,16,18). The molecule has 0 radical (unpaired) electrons. The Hall–Kier alpha value is -2.62. The average Bonchev–Trinajstić information content (AvgIpc) is 2.40. The first-order chi connectivity index (χ1) is 8.68. The van der Waals surface area contributed by atoms with Gasteiger partial charge in [0.1, 0.15) is 0 Å². The average molecular weight is 240 g/mol. The lowest BCUT2D eigenvalue weighted by molar-refractivity contribution is 0.0977. The van der Waals surface area contributed by atoms with Gasteiger partial charge in [0.25, 0.3) is 5.91 Å². The summed E-state index contributed by atoms with van der Waals surface area (Å²) >= 11 is 0. The summed E-state index contributed by atoms with van der Waals surface area (Å²) in [5.41, 5.74) is 6.38. The Morgan fingerprint density at radius 3 is 2.00 bits per heavy atom. The monoisotopic (exact) mass is 240 g/mol. The predicted octanol–water partition coefficient (Wildman–Crippen LogP) is 2.04. The normalized spacial score (nSPS) is 9.78. The Kier molecular flexibility index (Phi) is 3.38. The largest absolute Gasteiger partial charge is 0.366 e. The van der Waals surface area contributed by atoms with E-state index in [1.54, 1.807) is 30.3 Å². The van der Waals surface area contributed by atoms with Gasteiger partial charge in [0.05, 0.1) is 11.1 Å².